The van der Waals surface area contributed by atoms with Gasteiger partial charge in [0, 0.05) is 29.9 Å². The Kier molecular flexibility index (Phi) is 4.53. The van der Waals surface area contributed by atoms with Crippen LogP contribution in [0.25, 0.3) is 21.7 Å². The second-order valence-electron chi connectivity index (χ2n) is 7.38. The number of likely N-dealkylation sites (N-methyl/N-ethyl adjacent to an activating group) is 1. The maximum Gasteiger partial charge on any atom is 0.270 e. The highest BCUT2D eigenvalue weighted by Crippen LogP contribution is 2.34. The first kappa shape index (κ1) is 19.7. The number of benzene rings is 1. The van der Waals surface area contributed by atoms with Crippen LogP contribution in [0.5, 0.6) is 0 Å². The van der Waals surface area contributed by atoms with Crippen LogP contribution in [0.4, 0.5) is 8.78 Å². The van der Waals surface area contributed by atoms with Crippen molar-refractivity contribution in [2.24, 2.45) is 0 Å². The van der Waals surface area contributed by atoms with Gasteiger partial charge in [0.25, 0.3) is 11.5 Å². The maximum atomic E-state index is 14.0. The molecule has 0 aliphatic carbocycles. The smallest absolute Gasteiger partial charge is 0.270 e. The number of pyridine rings is 2. The van der Waals surface area contributed by atoms with Crippen molar-refractivity contribution in [3.05, 3.63) is 74.6 Å². The van der Waals surface area contributed by atoms with E-state index in [9.17, 15) is 18.4 Å². The van der Waals surface area contributed by atoms with Crippen LogP contribution in [0, 0.1) is 11.6 Å². The molecule has 0 fully saturated rings. The molecule has 158 valence electrons. The number of aromatic nitrogens is 3. The minimum absolute atomic E-state index is 0.0109. The van der Waals surface area contributed by atoms with Crippen LogP contribution < -0.4 is 5.56 Å². The lowest BCUT2D eigenvalue weighted by Gasteiger charge is -2.33. The van der Waals surface area contributed by atoms with E-state index in [1.807, 2.05) is 0 Å². The Morgan fingerprint density at radius 3 is 2.71 bits per heavy atom. The van der Waals surface area contributed by atoms with E-state index in [0.717, 1.165) is 12.1 Å². The van der Waals surface area contributed by atoms with Gasteiger partial charge in [-0.25, -0.2) is 13.8 Å². The Balaban J connectivity index is 1.61. The van der Waals surface area contributed by atoms with E-state index >= 15 is 0 Å². The minimum Gasteiger partial charge on any atom is -0.373 e. The number of nitrogens with one attached hydrogen (secondary N) is 2. The highest BCUT2D eigenvalue weighted by Gasteiger charge is 2.32. The van der Waals surface area contributed by atoms with E-state index in [0.29, 0.717) is 33.0 Å². The number of rotatable bonds is 2. The monoisotopic (exact) mass is 444 g/mol. The maximum absolute atomic E-state index is 14.0. The zero-order chi connectivity index (χ0) is 21.9. The van der Waals surface area contributed by atoms with Crippen molar-refractivity contribution in [2.45, 2.75) is 12.6 Å². The van der Waals surface area contributed by atoms with Gasteiger partial charge in [-0.1, -0.05) is 11.6 Å². The fraction of sp³-hybridized carbons (Fsp3) is 0.190. The van der Waals surface area contributed by atoms with Crippen molar-refractivity contribution in [2.75, 3.05) is 13.7 Å². The molecule has 0 spiro atoms. The second-order valence-corrected chi connectivity index (χ2v) is 7.77. The molecule has 10 heteroatoms. The molecule has 4 heterocycles. The largest absolute Gasteiger partial charge is 0.373 e. The number of carbonyl (C=O) groups is 1. The lowest BCUT2D eigenvalue weighted by molar-refractivity contribution is 0.0333. The molecule has 1 atom stereocenters. The first-order valence-corrected chi connectivity index (χ1v) is 9.74. The molecule has 0 saturated carbocycles. The number of ether oxygens (including phenoxy) is 1. The topological polar surface area (TPSA) is 91.1 Å². The molecule has 0 radical (unpaired) electrons. The van der Waals surface area contributed by atoms with Gasteiger partial charge in [0.15, 0.2) is 11.6 Å². The average Bonchev–Trinajstić information content (AvgIpc) is 3.17. The second kappa shape index (κ2) is 7.14. The van der Waals surface area contributed by atoms with E-state index in [-0.39, 0.29) is 29.9 Å². The van der Waals surface area contributed by atoms with Gasteiger partial charge in [-0.2, -0.15) is 0 Å². The quantitative estimate of drug-likeness (QED) is 0.461. The number of nitrogens with zero attached hydrogens (tertiary/aromatic N) is 2. The number of carbonyl (C=O) groups excluding carboxylic acids is 1. The number of amides is 1. The van der Waals surface area contributed by atoms with Crippen molar-refractivity contribution in [1.82, 2.24) is 19.9 Å². The highest BCUT2D eigenvalue weighted by molar-refractivity contribution is 6.30. The van der Waals surface area contributed by atoms with Crippen molar-refractivity contribution in [3.8, 4) is 0 Å². The Bertz CT molecular complexity index is 1430. The van der Waals surface area contributed by atoms with Crippen LogP contribution in [0.15, 0.2) is 35.3 Å². The Hall–Kier alpha value is -3.30. The first-order valence-electron chi connectivity index (χ1n) is 9.36. The van der Waals surface area contributed by atoms with Gasteiger partial charge in [-0.3, -0.25) is 9.59 Å². The molecule has 1 aliphatic heterocycles. The summed E-state index contributed by atoms with van der Waals surface area (Å²) in [5.74, 6) is -2.54. The lowest BCUT2D eigenvalue weighted by atomic mass is 9.95. The third-order valence-corrected chi connectivity index (χ3v) is 5.74. The number of aromatic amines is 2. The third-order valence-electron chi connectivity index (χ3n) is 5.53. The zero-order valence-electron chi connectivity index (χ0n) is 16.1. The zero-order valence-corrected chi connectivity index (χ0v) is 16.9. The molecule has 1 aromatic carbocycles. The SMILES string of the molecule is CN(C(=O)c1cc2cnc(Cl)cc2[nH]1)C1COCc2[nH]c(=O)c3cc(F)c(F)cc3c21. The molecule has 4 aromatic rings. The number of hydrogen-bond acceptors (Lipinski definition) is 4. The van der Waals surface area contributed by atoms with Gasteiger partial charge in [0.2, 0.25) is 0 Å². The summed E-state index contributed by atoms with van der Waals surface area (Å²) in [6.45, 7) is 0.220. The predicted octanol–water partition coefficient (Wildman–Crippen LogP) is 3.68. The molecule has 1 unspecified atom stereocenters. The summed E-state index contributed by atoms with van der Waals surface area (Å²) < 4.78 is 33.4. The Morgan fingerprint density at radius 2 is 1.94 bits per heavy atom. The molecular weight excluding hydrogens is 430 g/mol. The van der Waals surface area contributed by atoms with E-state index in [1.54, 1.807) is 25.4 Å². The third kappa shape index (κ3) is 3.17. The molecular formula is C21H15ClF2N4O3. The molecule has 0 bridgehead atoms. The van der Waals surface area contributed by atoms with E-state index in [4.69, 9.17) is 16.3 Å². The fourth-order valence-corrected chi connectivity index (χ4v) is 4.15. The summed E-state index contributed by atoms with van der Waals surface area (Å²) in [4.78, 5) is 36.7. The van der Waals surface area contributed by atoms with E-state index < -0.39 is 23.2 Å². The van der Waals surface area contributed by atoms with Crippen molar-refractivity contribution in [1.29, 1.82) is 0 Å². The van der Waals surface area contributed by atoms with Gasteiger partial charge in [-0.15, -0.1) is 0 Å². The number of H-pyrrole nitrogens is 2. The molecule has 0 saturated heterocycles. The normalized spacial score (nSPS) is 15.9. The van der Waals surface area contributed by atoms with Crippen LogP contribution >= 0.6 is 11.6 Å². The number of halogens is 3. The summed E-state index contributed by atoms with van der Waals surface area (Å²) in [7, 11) is 1.58. The van der Waals surface area contributed by atoms with Crippen molar-refractivity contribution < 1.29 is 18.3 Å². The number of hydrogen-bond donors (Lipinski definition) is 2. The van der Waals surface area contributed by atoms with Gasteiger partial charge < -0.3 is 19.6 Å². The van der Waals surface area contributed by atoms with Crippen LogP contribution in [-0.2, 0) is 11.3 Å². The minimum atomic E-state index is -1.11. The standard InChI is InChI=1S/C21H15ClF2N4O3/c1-28(21(30)15-2-9-6-25-18(22)5-14(9)26-15)17-8-31-7-16-19(17)10-3-12(23)13(24)4-11(10)20(29)27-16/h2-6,17,26H,7-8H2,1H3,(H,27,29). The predicted molar refractivity (Wildman–Crippen MR) is 110 cm³/mol. The number of fused-ring (bicyclic) bond motifs is 4. The summed E-state index contributed by atoms with van der Waals surface area (Å²) in [6.07, 6.45) is 1.56. The molecule has 2 N–H and O–H groups in total. The summed E-state index contributed by atoms with van der Waals surface area (Å²) in [5, 5.41) is 1.27. The van der Waals surface area contributed by atoms with Gasteiger partial charge >= 0.3 is 0 Å². The molecule has 7 nitrogen and oxygen atoms in total. The van der Waals surface area contributed by atoms with Crippen LogP contribution in [0.1, 0.15) is 27.8 Å². The fourth-order valence-electron chi connectivity index (χ4n) is 3.99. The van der Waals surface area contributed by atoms with Crippen LogP contribution in [-0.4, -0.2) is 39.4 Å². The Labute approximate surface area is 178 Å². The molecule has 1 amide bonds. The van der Waals surface area contributed by atoms with Crippen LogP contribution in [0.2, 0.25) is 5.15 Å². The van der Waals surface area contributed by atoms with Gasteiger partial charge in [0.1, 0.15) is 10.8 Å². The summed E-state index contributed by atoms with van der Waals surface area (Å²) >= 11 is 5.91. The summed E-state index contributed by atoms with van der Waals surface area (Å²) in [6, 6.07) is 4.50. The summed E-state index contributed by atoms with van der Waals surface area (Å²) in [5.41, 5.74) is 1.36. The van der Waals surface area contributed by atoms with E-state index in [2.05, 4.69) is 15.0 Å². The van der Waals surface area contributed by atoms with E-state index in [1.165, 1.54) is 4.90 Å². The average molecular weight is 445 g/mol. The lowest BCUT2D eigenvalue weighted by Crippen LogP contribution is -2.37. The van der Waals surface area contributed by atoms with Gasteiger partial charge in [0.05, 0.1) is 30.2 Å². The Morgan fingerprint density at radius 1 is 1.19 bits per heavy atom. The molecule has 5 rings (SSSR count). The van der Waals surface area contributed by atoms with Crippen LogP contribution in [0.3, 0.4) is 0 Å². The first-order chi connectivity index (χ1) is 14.8. The van der Waals surface area contributed by atoms with Crippen molar-refractivity contribution in [3.63, 3.8) is 0 Å². The molecule has 31 heavy (non-hydrogen) atoms. The van der Waals surface area contributed by atoms with Gasteiger partial charge in [-0.05, 0) is 29.7 Å². The molecule has 1 aliphatic rings. The highest BCUT2D eigenvalue weighted by atomic mass is 35.5. The van der Waals surface area contributed by atoms with Crippen molar-refractivity contribution >= 4 is 39.2 Å². The molecule has 3 aromatic heterocycles.